The summed E-state index contributed by atoms with van der Waals surface area (Å²) in [6, 6.07) is 1.66. The Bertz CT molecular complexity index is 509. The first-order valence-electron chi connectivity index (χ1n) is 6.27. The van der Waals surface area contributed by atoms with Gasteiger partial charge in [0.15, 0.2) is 0 Å². The number of hydrogen-bond acceptors (Lipinski definition) is 5. The van der Waals surface area contributed by atoms with Crippen molar-refractivity contribution in [3.63, 3.8) is 0 Å². The van der Waals surface area contributed by atoms with Crippen molar-refractivity contribution in [1.82, 2.24) is 25.4 Å². The molecule has 1 aromatic rings. The second-order valence-electron chi connectivity index (χ2n) is 5.61. The Kier molecular flexibility index (Phi) is 3.53. The summed E-state index contributed by atoms with van der Waals surface area (Å²) in [6.45, 7) is 7.63. The minimum absolute atomic E-state index is 0.132. The zero-order valence-electron chi connectivity index (χ0n) is 11.4. The van der Waals surface area contributed by atoms with Crippen LogP contribution in [0.2, 0.25) is 0 Å². The van der Waals surface area contributed by atoms with Crippen LogP contribution in [0.1, 0.15) is 37.2 Å². The number of nitrogens with one attached hydrogen (secondary N) is 2. The topological polar surface area (TPSA) is 97.7 Å². The summed E-state index contributed by atoms with van der Waals surface area (Å²) in [5, 5.41) is 18.9. The van der Waals surface area contributed by atoms with Crippen LogP contribution in [0.5, 0.6) is 0 Å². The maximum Gasteiger partial charge on any atom is 0.294 e. The smallest absolute Gasteiger partial charge is 0.294 e. The number of rotatable bonds is 1. The van der Waals surface area contributed by atoms with Gasteiger partial charge in [0, 0.05) is 25.0 Å². The normalized spacial score (nSPS) is 20.1. The van der Waals surface area contributed by atoms with Crippen LogP contribution in [0.15, 0.2) is 0 Å². The van der Waals surface area contributed by atoms with Gasteiger partial charge in [-0.25, -0.2) is 4.98 Å². The molecule has 1 fully saturated rings. The number of hydrogen-bond donors (Lipinski definition) is 2. The van der Waals surface area contributed by atoms with Crippen LogP contribution in [0, 0.1) is 11.3 Å². The summed E-state index contributed by atoms with van der Waals surface area (Å²) in [4.78, 5) is 18.1. The van der Waals surface area contributed by atoms with E-state index in [1.165, 1.54) is 4.90 Å². The van der Waals surface area contributed by atoms with Crippen molar-refractivity contribution in [2.45, 2.75) is 32.2 Å². The van der Waals surface area contributed by atoms with Gasteiger partial charge in [-0.1, -0.05) is 20.8 Å². The molecule has 0 aromatic carbocycles. The van der Waals surface area contributed by atoms with Gasteiger partial charge in [0.25, 0.3) is 5.91 Å². The van der Waals surface area contributed by atoms with Crippen molar-refractivity contribution >= 4 is 5.91 Å². The Hall–Kier alpha value is -1.94. The highest BCUT2D eigenvalue weighted by Gasteiger charge is 2.30. The zero-order chi connectivity index (χ0) is 14.0. The lowest BCUT2D eigenvalue weighted by Crippen LogP contribution is -2.53. The average molecular weight is 262 g/mol. The Labute approximate surface area is 112 Å². The van der Waals surface area contributed by atoms with Gasteiger partial charge < -0.3 is 10.2 Å². The highest BCUT2D eigenvalue weighted by molar-refractivity contribution is 5.91. The minimum atomic E-state index is -0.460. The third-order valence-electron chi connectivity index (χ3n) is 3.04. The Morgan fingerprint density at radius 1 is 1.53 bits per heavy atom. The maximum absolute atomic E-state index is 12.3. The van der Waals surface area contributed by atoms with Gasteiger partial charge in [-0.2, -0.15) is 5.26 Å². The molecule has 0 bridgehead atoms. The predicted molar refractivity (Wildman–Crippen MR) is 68.4 cm³/mol. The number of piperazine rings is 1. The van der Waals surface area contributed by atoms with E-state index in [4.69, 9.17) is 5.26 Å². The first kappa shape index (κ1) is 13.5. The molecule has 7 heteroatoms. The molecule has 0 spiro atoms. The number of carbonyl (C=O) groups excluding carboxylic acids is 1. The van der Waals surface area contributed by atoms with E-state index >= 15 is 0 Å². The molecule has 1 aliphatic rings. The number of H-pyrrole nitrogens is 1. The molecule has 1 atom stereocenters. The lowest BCUT2D eigenvalue weighted by molar-refractivity contribution is 0.0675. The zero-order valence-corrected chi connectivity index (χ0v) is 11.4. The monoisotopic (exact) mass is 262 g/mol. The predicted octanol–water partition coefficient (Wildman–Crippen LogP) is 0.0398. The molecular formula is C12H18N6O. The molecule has 1 saturated heterocycles. The van der Waals surface area contributed by atoms with Gasteiger partial charge in [-0.05, 0) is 0 Å². The van der Waals surface area contributed by atoms with Crippen LogP contribution >= 0.6 is 0 Å². The highest BCUT2D eigenvalue weighted by atomic mass is 16.2. The lowest BCUT2D eigenvalue weighted by Gasteiger charge is -2.30. The Balaban J connectivity index is 2.19. The molecule has 0 saturated carbocycles. The fourth-order valence-corrected chi connectivity index (χ4v) is 1.88. The van der Waals surface area contributed by atoms with Crippen LogP contribution in [-0.2, 0) is 5.41 Å². The maximum atomic E-state index is 12.3. The Morgan fingerprint density at radius 2 is 2.26 bits per heavy atom. The fourth-order valence-electron chi connectivity index (χ4n) is 1.88. The Morgan fingerprint density at radius 3 is 2.84 bits per heavy atom. The second-order valence-corrected chi connectivity index (χ2v) is 5.61. The van der Waals surface area contributed by atoms with Gasteiger partial charge in [0.1, 0.15) is 11.9 Å². The molecular weight excluding hydrogens is 244 g/mol. The summed E-state index contributed by atoms with van der Waals surface area (Å²) >= 11 is 0. The molecule has 2 heterocycles. The van der Waals surface area contributed by atoms with Crippen molar-refractivity contribution in [1.29, 1.82) is 5.26 Å². The van der Waals surface area contributed by atoms with Gasteiger partial charge in [0.2, 0.25) is 5.82 Å². The summed E-state index contributed by atoms with van der Waals surface area (Å²) in [6.07, 6.45) is 0. The number of aromatic nitrogens is 3. The van der Waals surface area contributed by atoms with Gasteiger partial charge in [-0.15, -0.1) is 5.10 Å². The fraction of sp³-hybridized carbons (Fsp3) is 0.667. The first-order valence-corrected chi connectivity index (χ1v) is 6.27. The number of carbonyl (C=O) groups is 1. The van der Waals surface area contributed by atoms with Crippen LogP contribution < -0.4 is 5.32 Å². The molecule has 2 rings (SSSR count). The average Bonchev–Trinajstić information content (AvgIpc) is 2.87. The van der Waals surface area contributed by atoms with Crippen LogP contribution in [0.4, 0.5) is 0 Å². The third kappa shape index (κ3) is 2.74. The summed E-state index contributed by atoms with van der Waals surface area (Å²) in [5.74, 6) is 0.506. The summed E-state index contributed by atoms with van der Waals surface area (Å²) < 4.78 is 0. The lowest BCUT2D eigenvalue weighted by atomic mass is 9.96. The van der Waals surface area contributed by atoms with E-state index in [9.17, 15) is 4.79 Å². The molecule has 1 aromatic heterocycles. The van der Waals surface area contributed by atoms with Crippen LogP contribution in [-0.4, -0.2) is 51.7 Å². The molecule has 0 radical (unpaired) electrons. The summed E-state index contributed by atoms with van der Waals surface area (Å²) in [7, 11) is 0. The van der Waals surface area contributed by atoms with Crippen molar-refractivity contribution in [2.24, 2.45) is 0 Å². The second kappa shape index (κ2) is 4.97. The minimum Gasteiger partial charge on any atom is -0.317 e. The van der Waals surface area contributed by atoms with Crippen LogP contribution in [0.25, 0.3) is 0 Å². The van der Waals surface area contributed by atoms with Crippen molar-refractivity contribution in [3.05, 3.63) is 11.6 Å². The SMILES string of the molecule is CC(C)(C)c1nc(C(=O)N2CCNCC2C#N)n[nH]1. The number of nitrogens with zero attached hydrogens (tertiary/aromatic N) is 4. The molecule has 0 aliphatic carbocycles. The van der Waals surface area contributed by atoms with Gasteiger partial charge >= 0.3 is 0 Å². The standard InChI is InChI=1S/C12H18N6O/c1-12(2,3)11-15-9(16-17-11)10(19)18-5-4-14-7-8(18)6-13/h8,14H,4-5,7H2,1-3H3,(H,15,16,17). The molecule has 7 nitrogen and oxygen atoms in total. The number of amides is 1. The number of nitriles is 1. The molecule has 2 N–H and O–H groups in total. The molecule has 1 aliphatic heterocycles. The molecule has 102 valence electrons. The molecule has 1 amide bonds. The molecule has 19 heavy (non-hydrogen) atoms. The van der Waals surface area contributed by atoms with E-state index in [1.54, 1.807) is 0 Å². The van der Waals surface area contributed by atoms with E-state index in [1.807, 2.05) is 20.8 Å². The number of aromatic amines is 1. The first-order chi connectivity index (χ1) is 8.93. The molecule has 1 unspecified atom stereocenters. The quantitative estimate of drug-likeness (QED) is 0.744. The van der Waals surface area contributed by atoms with E-state index in [2.05, 4.69) is 26.6 Å². The van der Waals surface area contributed by atoms with Gasteiger partial charge in [0.05, 0.1) is 6.07 Å². The third-order valence-corrected chi connectivity index (χ3v) is 3.04. The van der Waals surface area contributed by atoms with Crippen LogP contribution in [0.3, 0.4) is 0 Å². The van der Waals surface area contributed by atoms with Crippen molar-refractivity contribution < 1.29 is 4.79 Å². The van der Waals surface area contributed by atoms with E-state index in [0.29, 0.717) is 25.5 Å². The highest BCUT2D eigenvalue weighted by Crippen LogP contribution is 2.18. The van der Waals surface area contributed by atoms with Crippen molar-refractivity contribution in [3.8, 4) is 6.07 Å². The van der Waals surface area contributed by atoms with E-state index < -0.39 is 6.04 Å². The summed E-state index contributed by atoms with van der Waals surface area (Å²) in [5.41, 5.74) is -0.191. The van der Waals surface area contributed by atoms with Crippen molar-refractivity contribution in [2.75, 3.05) is 19.6 Å². The van der Waals surface area contributed by atoms with E-state index in [0.717, 1.165) is 0 Å². The van der Waals surface area contributed by atoms with E-state index in [-0.39, 0.29) is 17.1 Å². The largest absolute Gasteiger partial charge is 0.317 e. The van der Waals surface area contributed by atoms with Gasteiger partial charge in [-0.3, -0.25) is 9.89 Å².